The van der Waals surface area contributed by atoms with Crippen LogP contribution in [0, 0.1) is 18.3 Å². The average molecular weight is 486 g/mol. The van der Waals surface area contributed by atoms with Gasteiger partial charge >= 0.3 is 11.9 Å². The van der Waals surface area contributed by atoms with Crippen molar-refractivity contribution in [3.63, 3.8) is 0 Å². The summed E-state index contributed by atoms with van der Waals surface area (Å²) < 4.78 is 21.0. The van der Waals surface area contributed by atoms with Crippen LogP contribution in [-0.4, -0.2) is 44.7 Å². The molecule has 1 heterocycles. The molecule has 1 aromatic heterocycles. The monoisotopic (exact) mass is 485 g/mol. The molecular formula is C25H27NO7S. The highest BCUT2D eigenvalue weighted by molar-refractivity contribution is 7.14. The Hall–Kier alpha value is -3.64. The van der Waals surface area contributed by atoms with E-state index in [0.29, 0.717) is 34.1 Å². The summed E-state index contributed by atoms with van der Waals surface area (Å²) in [5.41, 5.74) is 1.02. The van der Waals surface area contributed by atoms with Gasteiger partial charge in [-0.1, -0.05) is 6.07 Å². The number of carbonyl (C=O) groups is 3. The molecule has 0 fully saturated rings. The highest BCUT2D eigenvalue weighted by Crippen LogP contribution is 2.32. The summed E-state index contributed by atoms with van der Waals surface area (Å²) in [4.78, 5) is 38.5. The molecule has 0 aliphatic heterocycles. The maximum Gasteiger partial charge on any atom is 0.348 e. The zero-order chi connectivity index (χ0) is 25.3. The number of nitrogens with zero attached hydrogens (tertiary/aromatic N) is 1. The zero-order valence-corrected chi connectivity index (χ0v) is 20.7. The molecule has 0 radical (unpaired) electrons. The molecule has 0 amide bonds. The number of ether oxygens (including phenoxy) is 4. The van der Waals surface area contributed by atoms with Crippen LogP contribution in [0.25, 0.3) is 6.08 Å². The lowest BCUT2D eigenvalue weighted by Gasteiger charge is -2.09. The number of thiophene rings is 1. The quantitative estimate of drug-likeness (QED) is 0.259. The number of hydrogen-bond donors (Lipinski definition) is 0. The number of rotatable bonds is 11. The van der Waals surface area contributed by atoms with Crippen molar-refractivity contribution < 1.29 is 33.3 Å². The van der Waals surface area contributed by atoms with Crippen molar-refractivity contribution in [2.75, 3.05) is 26.9 Å². The fourth-order valence-electron chi connectivity index (χ4n) is 3.19. The molecule has 0 spiro atoms. The second-order valence-electron chi connectivity index (χ2n) is 6.91. The van der Waals surface area contributed by atoms with Crippen LogP contribution in [-0.2, 0) is 20.7 Å². The third-order valence-electron chi connectivity index (χ3n) is 4.70. The van der Waals surface area contributed by atoms with E-state index in [1.165, 1.54) is 13.2 Å². The molecule has 0 saturated heterocycles. The van der Waals surface area contributed by atoms with Gasteiger partial charge in [-0.25, -0.2) is 9.59 Å². The maximum absolute atomic E-state index is 13.0. The molecule has 0 aliphatic rings. The standard InChI is InChI=1S/C25H27NO7S/c1-6-31-19-10-9-16(12-20(19)30-5)11-17(14-26)18(27)13-21-22(24(28)32-7-2)15(4)23(34-21)25(29)33-8-3/h9-12H,6-8,13H2,1-5H3/b17-11+. The Kier molecular flexibility index (Phi) is 9.83. The van der Waals surface area contributed by atoms with Crippen LogP contribution < -0.4 is 9.47 Å². The highest BCUT2D eigenvalue weighted by atomic mass is 32.1. The molecule has 0 unspecified atom stereocenters. The lowest BCUT2D eigenvalue weighted by atomic mass is 10.0. The summed E-state index contributed by atoms with van der Waals surface area (Å²) in [7, 11) is 1.50. The number of allylic oxidation sites excluding steroid dienone is 1. The molecular weight excluding hydrogens is 458 g/mol. The fourth-order valence-corrected chi connectivity index (χ4v) is 4.38. The number of Topliss-reactive ketones (excluding diaryl/α,β-unsaturated/α-hetero) is 1. The lowest BCUT2D eigenvalue weighted by molar-refractivity contribution is -0.114. The molecule has 0 N–H and O–H groups in total. The van der Waals surface area contributed by atoms with E-state index < -0.39 is 17.7 Å². The molecule has 2 rings (SSSR count). The molecule has 0 aliphatic carbocycles. The van der Waals surface area contributed by atoms with Crippen LogP contribution in [0.2, 0.25) is 0 Å². The lowest BCUT2D eigenvalue weighted by Crippen LogP contribution is -2.12. The normalized spacial score (nSPS) is 10.9. The van der Waals surface area contributed by atoms with Crippen molar-refractivity contribution in [2.24, 2.45) is 0 Å². The van der Waals surface area contributed by atoms with Crippen LogP contribution in [0.1, 0.15) is 56.8 Å². The van der Waals surface area contributed by atoms with Gasteiger partial charge < -0.3 is 18.9 Å². The molecule has 2 aromatic rings. The number of esters is 2. The van der Waals surface area contributed by atoms with E-state index in [2.05, 4.69) is 0 Å². The van der Waals surface area contributed by atoms with Gasteiger partial charge in [0.1, 0.15) is 10.9 Å². The van der Waals surface area contributed by atoms with Gasteiger partial charge in [0.05, 0.1) is 38.1 Å². The Morgan fingerprint density at radius 1 is 1.03 bits per heavy atom. The predicted octanol–water partition coefficient (Wildman–Crippen LogP) is 4.54. The van der Waals surface area contributed by atoms with E-state index in [9.17, 15) is 19.6 Å². The number of carbonyl (C=O) groups excluding carboxylic acids is 3. The SMILES string of the molecule is CCOC(=O)c1sc(CC(=O)/C(C#N)=C/c2ccc(OCC)c(OC)c2)c(C(=O)OCC)c1C. The van der Waals surface area contributed by atoms with E-state index in [4.69, 9.17) is 18.9 Å². The van der Waals surface area contributed by atoms with Gasteiger partial charge in [-0.15, -0.1) is 11.3 Å². The largest absolute Gasteiger partial charge is 0.493 e. The van der Waals surface area contributed by atoms with Crippen LogP contribution in [0.5, 0.6) is 11.5 Å². The average Bonchev–Trinajstić information content (AvgIpc) is 3.14. The first-order valence-corrected chi connectivity index (χ1v) is 11.5. The third kappa shape index (κ3) is 6.23. The van der Waals surface area contributed by atoms with Gasteiger partial charge in [0.2, 0.25) is 0 Å². The van der Waals surface area contributed by atoms with Crippen LogP contribution in [0.15, 0.2) is 23.8 Å². The molecule has 0 atom stereocenters. The Bertz CT molecular complexity index is 1140. The molecule has 8 nitrogen and oxygen atoms in total. The number of ketones is 1. The van der Waals surface area contributed by atoms with E-state index in [1.54, 1.807) is 39.0 Å². The van der Waals surface area contributed by atoms with E-state index in [0.717, 1.165) is 11.3 Å². The number of hydrogen-bond acceptors (Lipinski definition) is 9. The predicted molar refractivity (Wildman–Crippen MR) is 127 cm³/mol. The molecule has 1 aromatic carbocycles. The topological polar surface area (TPSA) is 112 Å². The Balaban J connectivity index is 2.42. The third-order valence-corrected chi connectivity index (χ3v) is 5.97. The van der Waals surface area contributed by atoms with E-state index in [1.807, 2.05) is 13.0 Å². The van der Waals surface area contributed by atoms with E-state index >= 15 is 0 Å². The minimum absolute atomic E-state index is 0.107. The second kappa shape index (κ2) is 12.6. The number of nitriles is 1. The smallest absolute Gasteiger partial charge is 0.348 e. The number of benzene rings is 1. The summed E-state index contributed by atoms with van der Waals surface area (Å²) in [6.07, 6.45) is 1.20. The summed E-state index contributed by atoms with van der Waals surface area (Å²) in [6.45, 7) is 7.57. The molecule has 34 heavy (non-hydrogen) atoms. The fraction of sp³-hybridized carbons (Fsp3) is 0.360. The summed E-state index contributed by atoms with van der Waals surface area (Å²) in [5.74, 6) is -0.692. The van der Waals surface area contributed by atoms with Crippen molar-refractivity contribution >= 4 is 35.1 Å². The molecule has 0 bridgehead atoms. The van der Waals surface area contributed by atoms with Crippen molar-refractivity contribution in [3.05, 3.63) is 50.2 Å². The van der Waals surface area contributed by atoms with Gasteiger partial charge in [0.15, 0.2) is 17.3 Å². The van der Waals surface area contributed by atoms with Crippen molar-refractivity contribution in [1.29, 1.82) is 5.26 Å². The van der Waals surface area contributed by atoms with Crippen molar-refractivity contribution in [1.82, 2.24) is 0 Å². The van der Waals surface area contributed by atoms with Gasteiger partial charge in [-0.3, -0.25) is 4.79 Å². The maximum atomic E-state index is 13.0. The molecule has 9 heteroatoms. The first-order chi connectivity index (χ1) is 16.3. The van der Waals surface area contributed by atoms with Gasteiger partial charge in [-0.2, -0.15) is 5.26 Å². The Morgan fingerprint density at radius 2 is 1.71 bits per heavy atom. The first kappa shape index (κ1) is 26.6. The molecule has 0 saturated carbocycles. The number of methoxy groups -OCH3 is 1. The molecule has 180 valence electrons. The Morgan fingerprint density at radius 3 is 2.29 bits per heavy atom. The first-order valence-electron chi connectivity index (χ1n) is 10.7. The summed E-state index contributed by atoms with van der Waals surface area (Å²) in [6, 6.07) is 6.98. The van der Waals surface area contributed by atoms with Crippen LogP contribution >= 0.6 is 11.3 Å². The van der Waals surface area contributed by atoms with Crippen molar-refractivity contribution in [3.8, 4) is 17.6 Å². The van der Waals surface area contributed by atoms with E-state index in [-0.39, 0.29) is 35.6 Å². The van der Waals surface area contributed by atoms with Crippen molar-refractivity contribution in [2.45, 2.75) is 34.1 Å². The Labute approximate surface area is 202 Å². The minimum atomic E-state index is -0.631. The van der Waals surface area contributed by atoms with Gasteiger partial charge in [-0.05, 0) is 57.0 Å². The second-order valence-corrected chi connectivity index (χ2v) is 8.01. The van der Waals surface area contributed by atoms with Crippen LogP contribution in [0.4, 0.5) is 0 Å². The van der Waals surface area contributed by atoms with Crippen LogP contribution in [0.3, 0.4) is 0 Å². The van der Waals surface area contributed by atoms with Gasteiger partial charge in [0, 0.05) is 11.3 Å². The zero-order valence-electron chi connectivity index (χ0n) is 19.9. The summed E-state index contributed by atoms with van der Waals surface area (Å²) in [5, 5.41) is 9.62. The highest BCUT2D eigenvalue weighted by Gasteiger charge is 2.28. The minimum Gasteiger partial charge on any atom is -0.493 e. The van der Waals surface area contributed by atoms with Gasteiger partial charge in [0.25, 0.3) is 0 Å². The summed E-state index contributed by atoms with van der Waals surface area (Å²) >= 11 is 0.995.